The van der Waals surface area contributed by atoms with Gasteiger partial charge in [0, 0.05) is 25.8 Å². The lowest BCUT2D eigenvalue weighted by Gasteiger charge is -2.31. The van der Waals surface area contributed by atoms with Gasteiger partial charge in [-0.25, -0.2) is 13.1 Å². The molecule has 0 radical (unpaired) electrons. The second-order valence-corrected chi connectivity index (χ2v) is 7.30. The molecule has 1 fully saturated rings. The summed E-state index contributed by atoms with van der Waals surface area (Å²) in [7, 11) is -0.523. The van der Waals surface area contributed by atoms with Gasteiger partial charge >= 0.3 is 0 Å². The van der Waals surface area contributed by atoms with Gasteiger partial charge in [-0.05, 0) is 44.5 Å². The average Bonchev–Trinajstić information content (AvgIpc) is 2.54. The third-order valence-corrected chi connectivity index (χ3v) is 5.49. The van der Waals surface area contributed by atoms with Crippen LogP contribution >= 0.6 is 0 Å². The maximum Gasteiger partial charge on any atom is 0.254 e. The number of amides is 1. The average molecular weight is 326 g/mol. The third kappa shape index (κ3) is 3.48. The van der Waals surface area contributed by atoms with Crippen molar-refractivity contribution in [2.75, 3.05) is 27.2 Å². The van der Waals surface area contributed by atoms with E-state index >= 15 is 0 Å². The van der Waals surface area contributed by atoms with Crippen molar-refractivity contribution in [3.63, 3.8) is 0 Å². The highest BCUT2D eigenvalue weighted by molar-refractivity contribution is 7.89. The lowest BCUT2D eigenvalue weighted by atomic mass is 10.0. The summed E-state index contributed by atoms with van der Waals surface area (Å²) in [5, 5.41) is 0. The molecule has 1 aromatic carbocycles. The summed E-state index contributed by atoms with van der Waals surface area (Å²) < 4.78 is 31.4. The lowest BCUT2D eigenvalue weighted by molar-refractivity contribution is 0.0350. The van der Waals surface area contributed by atoms with Crippen LogP contribution in [0.15, 0.2) is 23.1 Å². The molecule has 1 amide bonds. The molecular weight excluding hydrogens is 304 g/mol. The molecule has 1 aliphatic rings. The Morgan fingerprint density at radius 1 is 1.32 bits per heavy atom. The number of ether oxygens (including phenoxy) is 1. The monoisotopic (exact) mass is 326 g/mol. The van der Waals surface area contributed by atoms with Gasteiger partial charge in [0.2, 0.25) is 10.0 Å². The van der Waals surface area contributed by atoms with Crippen molar-refractivity contribution >= 4 is 15.9 Å². The highest BCUT2D eigenvalue weighted by Gasteiger charge is 2.25. The predicted octanol–water partition coefficient (Wildman–Crippen LogP) is 1.15. The molecule has 1 aromatic rings. The van der Waals surface area contributed by atoms with Crippen LogP contribution in [0.5, 0.6) is 0 Å². The minimum Gasteiger partial charge on any atom is -0.381 e. The van der Waals surface area contributed by atoms with Crippen LogP contribution in [0.2, 0.25) is 0 Å². The van der Waals surface area contributed by atoms with Gasteiger partial charge in [0.25, 0.3) is 5.91 Å². The van der Waals surface area contributed by atoms with Gasteiger partial charge in [-0.1, -0.05) is 6.07 Å². The normalized spacial score (nSPS) is 16.8. The van der Waals surface area contributed by atoms with E-state index in [-0.39, 0.29) is 16.9 Å². The molecule has 1 saturated heterocycles. The van der Waals surface area contributed by atoms with Crippen LogP contribution in [0, 0.1) is 6.92 Å². The minimum absolute atomic E-state index is 0.107. The van der Waals surface area contributed by atoms with Crippen molar-refractivity contribution in [3.05, 3.63) is 29.3 Å². The minimum atomic E-state index is -3.56. The second kappa shape index (κ2) is 6.76. The van der Waals surface area contributed by atoms with Crippen molar-refractivity contribution in [1.29, 1.82) is 0 Å². The molecule has 7 heteroatoms. The van der Waals surface area contributed by atoms with E-state index in [0.717, 1.165) is 18.4 Å². The fourth-order valence-electron chi connectivity index (χ4n) is 2.58. The number of carbonyl (C=O) groups is 1. The molecule has 0 spiro atoms. The van der Waals surface area contributed by atoms with Gasteiger partial charge in [-0.3, -0.25) is 4.79 Å². The molecule has 2 rings (SSSR count). The predicted molar refractivity (Wildman–Crippen MR) is 83.4 cm³/mol. The molecule has 6 nitrogen and oxygen atoms in total. The molecule has 0 unspecified atom stereocenters. The Labute approximate surface area is 131 Å². The molecule has 1 heterocycles. The number of rotatable bonds is 4. The Morgan fingerprint density at radius 3 is 2.50 bits per heavy atom. The molecule has 0 bridgehead atoms. The van der Waals surface area contributed by atoms with E-state index in [9.17, 15) is 13.2 Å². The van der Waals surface area contributed by atoms with Crippen LogP contribution in [0.25, 0.3) is 0 Å². The maximum absolute atomic E-state index is 12.7. The number of nitrogens with zero attached hydrogens (tertiary/aromatic N) is 1. The van der Waals surface area contributed by atoms with Crippen molar-refractivity contribution in [2.24, 2.45) is 0 Å². The first-order valence-corrected chi connectivity index (χ1v) is 8.73. The summed E-state index contributed by atoms with van der Waals surface area (Å²) in [6.45, 7) is 3.06. The van der Waals surface area contributed by atoms with Gasteiger partial charge in [-0.2, -0.15) is 0 Å². The number of hydrogen-bond donors (Lipinski definition) is 1. The maximum atomic E-state index is 12.7. The van der Waals surface area contributed by atoms with Crippen LogP contribution in [-0.4, -0.2) is 52.6 Å². The van der Waals surface area contributed by atoms with Crippen molar-refractivity contribution in [1.82, 2.24) is 9.62 Å². The van der Waals surface area contributed by atoms with Crippen LogP contribution in [0.4, 0.5) is 0 Å². The Bertz CT molecular complexity index is 650. The zero-order chi connectivity index (χ0) is 16.3. The smallest absolute Gasteiger partial charge is 0.254 e. The fourth-order valence-corrected chi connectivity index (χ4v) is 3.34. The second-order valence-electron chi connectivity index (χ2n) is 5.41. The number of nitrogens with one attached hydrogen (secondary N) is 1. The number of aryl methyl sites for hydroxylation is 1. The van der Waals surface area contributed by atoms with E-state index in [1.54, 1.807) is 18.1 Å². The summed E-state index contributed by atoms with van der Waals surface area (Å²) in [6, 6.07) is 4.63. The molecule has 1 N–H and O–H groups in total. The number of benzene rings is 1. The summed E-state index contributed by atoms with van der Waals surface area (Å²) in [4.78, 5) is 14.5. The number of sulfonamides is 1. The topological polar surface area (TPSA) is 75.7 Å². The standard InChI is InChI=1S/C15H22N2O4S/c1-11-4-5-13(22(19,20)16-2)10-14(11)15(18)17-8-6-12(21-3)7-9-17/h4-5,10,12,16H,6-9H2,1-3H3. The van der Waals surface area contributed by atoms with Gasteiger partial charge in [-0.15, -0.1) is 0 Å². The van der Waals surface area contributed by atoms with E-state index in [2.05, 4.69) is 4.72 Å². The summed E-state index contributed by atoms with van der Waals surface area (Å²) in [6.07, 6.45) is 1.80. The summed E-state index contributed by atoms with van der Waals surface area (Å²) >= 11 is 0. The quantitative estimate of drug-likeness (QED) is 0.901. The number of likely N-dealkylation sites (tertiary alicyclic amines) is 1. The van der Waals surface area contributed by atoms with Gasteiger partial charge in [0.05, 0.1) is 11.0 Å². The van der Waals surface area contributed by atoms with Gasteiger partial charge in [0.1, 0.15) is 0 Å². The largest absolute Gasteiger partial charge is 0.381 e. The fraction of sp³-hybridized carbons (Fsp3) is 0.533. The highest BCUT2D eigenvalue weighted by Crippen LogP contribution is 2.20. The molecule has 122 valence electrons. The van der Waals surface area contributed by atoms with Gasteiger partial charge in [0.15, 0.2) is 0 Å². The Balaban J connectivity index is 2.25. The van der Waals surface area contributed by atoms with Crippen molar-refractivity contribution in [2.45, 2.75) is 30.8 Å². The first-order chi connectivity index (χ1) is 10.4. The van der Waals surface area contributed by atoms with Crippen molar-refractivity contribution < 1.29 is 17.9 Å². The molecule has 22 heavy (non-hydrogen) atoms. The molecule has 0 atom stereocenters. The first-order valence-electron chi connectivity index (χ1n) is 7.25. The van der Waals surface area contributed by atoms with E-state index in [4.69, 9.17) is 4.74 Å². The number of carbonyl (C=O) groups excluding carboxylic acids is 1. The summed E-state index contributed by atoms with van der Waals surface area (Å²) in [5.41, 5.74) is 1.21. The van der Waals surface area contributed by atoms with E-state index < -0.39 is 10.0 Å². The molecular formula is C15H22N2O4S. The van der Waals surface area contributed by atoms with Crippen LogP contribution in [0.3, 0.4) is 0 Å². The first kappa shape index (κ1) is 16.9. The van der Waals surface area contributed by atoms with E-state index in [0.29, 0.717) is 18.7 Å². The molecule has 1 aliphatic heterocycles. The molecule has 0 aromatic heterocycles. The van der Waals surface area contributed by atoms with Crippen LogP contribution < -0.4 is 4.72 Å². The van der Waals surface area contributed by atoms with Crippen LogP contribution in [0.1, 0.15) is 28.8 Å². The number of hydrogen-bond acceptors (Lipinski definition) is 4. The Morgan fingerprint density at radius 2 is 1.95 bits per heavy atom. The van der Waals surface area contributed by atoms with E-state index in [1.807, 2.05) is 6.92 Å². The number of methoxy groups -OCH3 is 1. The lowest BCUT2D eigenvalue weighted by Crippen LogP contribution is -2.40. The van der Waals surface area contributed by atoms with Gasteiger partial charge < -0.3 is 9.64 Å². The Kier molecular flexibility index (Phi) is 5.20. The zero-order valence-corrected chi connectivity index (χ0v) is 13.9. The van der Waals surface area contributed by atoms with Crippen molar-refractivity contribution in [3.8, 4) is 0 Å². The highest BCUT2D eigenvalue weighted by atomic mass is 32.2. The zero-order valence-electron chi connectivity index (χ0n) is 13.1. The van der Waals surface area contributed by atoms with Crippen LogP contribution in [-0.2, 0) is 14.8 Å². The number of piperidine rings is 1. The molecule has 0 saturated carbocycles. The third-order valence-electron chi connectivity index (χ3n) is 4.08. The van der Waals surface area contributed by atoms with E-state index in [1.165, 1.54) is 19.2 Å². The Hall–Kier alpha value is -1.44. The molecule has 0 aliphatic carbocycles. The SMILES string of the molecule is CNS(=O)(=O)c1ccc(C)c(C(=O)N2CCC(OC)CC2)c1. The summed E-state index contributed by atoms with van der Waals surface area (Å²) in [5.74, 6) is -0.125.